The Kier molecular flexibility index (Phi) is 5.49. The van der Waals surface area contributed by atoms with Crippen LogP contribution in [0.4, 0.5) is 19.0 Å². The molecule has 1 saturated heterocycles. The van der Waals surface area contributed by atoms with Gasteiger partial charge in [0.2, 0.25) is 5.92 Å². The van der Waals surface area contributed by atoms with Crippen LogP contribution in [0.2, 0.25) is 0 Å². The van der Waals surface area contributed by atoms with Gasteiger partial charge in [-0.05, 0) is 18.9 Å². The van der Waals surface area contributed by atoms with Gasteiger partial charge in [0.25, 0.3) is 5.95 Å². The van der Waals surface area contributed by atoms with E-state index in [9.17, 15) is 13.2 Å². The number of halogens is 3. The van der Waals surface area contributed by atoms with E-state index in [1.807, 2.05) is 0 Å². The van der Waals surface area contributed by atoms with Crippen LogP contribution in [0.3, 0.4) is 0 Å². The van der Waals surface area contributed by atoms with Gasteiger partial charge in [-0.3, -0.25) is 0 Å². The molecule has 2 aliphatic rings. The van der Waals surface area contributed by atoms with Gasteiger partial charge in [0.05, 0.1) is 24.1 Å². The van der Waals surface area contributed by atoms with Crippen molar-refractivity contribution in [2.24, 2.45) is 0 Å². The van der Waals surface area contributed by atoms with Crippen LogP contribution in [-0.2, 0) is 18.0 Å². The van der Waals surface area contributed by atoms with Crippen molar-refractivity contribution in [2.45, 2.75) is 57.0 Å². The van der Waals surface area contributed by atoms with Gasteiger partial charge in [-0.25, -0.2) is 22.8 Å². The number of hydrogen-bond donors (Lipinski definition) is 2. The Morgan fingerprint density at radius 3 is 2.64 bits per heavy atom. The van der Waals surface area contributed by atoms with E-state index < -0.39 is 12.6 Å². The maximum atomic E-state index is 13.4. The molecule has 2 fully saturated rings. The highest BCUT2D eigenvalue weighted by Gasteiger charge is 2.35. The van der Waals surface area contributed by atoms with E-state index in [4.69, 9.17) is 4.74 Å². The predicted molar refractivity (Wildman–Crippen MR) is 96.2 cm³/mol. The summed E-state index contributed by atoms with van der Waals surface area (Å²) in [6, 6.07) is 3.25. The first-order valence-electron chi connectivity index (χ1n) is 9.46. The number of hydrogen-bond acceptors (Lipinski definition) is 6. The average molecular weight is 396 g/mol. The minimum Gasteiger partial charge on any atom is -0.369 e. The third kappa shape index (κ3) is 4.61. The van der Waals surface area contributed by atoms with E-state index in [1.165, 1.54) is 4.68 Å². The average Bonchev–Trinajstić information content (AvgIpc) is 3.11. The van der Waals surface area contributed by atoms with E-state index in [-0.39, 0.29) is 36.6 Å². The Morgan fingerprint density at radius 1 is 1.21 bits per heavy atom. The van der Waals surface area contributed by atoms with Crippen molar-refractivity contribution in [3.05, 3.63) is 29.7 Å². The van der Waals surface area contributed by atoms with E-state index in [2.05, 4.69) is 25.7 Å². The lowest BCUT2D eigenvalue weighted by atomic mass is 9.92. The van der Waals surface area contributed by atoms with Gasteiger partial charge in [0.15, 0.2) is 0 Å². The van der Waals surface area contributed by atoms with Gasteiger partial charge >= 0.3 is 0 Å². The second kappa shape index (κ2) is 8.04. The smallest absolute Gasteiger partial charge is 0.252 e. The number of nitrogens with zero attached hydrogens (tertiary/aromatic N) is 4. The molecule has 2 N–H and O–H groups in total. The molecule has 0 unspecified atom stereocenters. The van der Waals surface area contributed by atoms with Gasteiger partial charge in [-0.15, -0.1) is 0 Å². The number of alkyl halides is 3. The zero-order valence-electron chi connectivity index (χ0n) is 15.4. The Labute approximate surface area is 160 Å². The normalized spacial score (nSPS) is 20.1. The summed E-state index contributed by atoms with van der Waals surface area (Å²) in [6.07, 6.45) is 2.23. The van der Waals surface area contributed by atoms with Gasteiger partial charge in [0, 0.05) is 44.2 Å². The van der Waals surface area contributed by atoms with Crippen LogP contribution in [0, 0.1) is 0 Å². The summed E-state index contributed by atoms with van der Waals surface area (Å²) < 4.78 is 46.8. The van der Waals surface area contributed by atoms with Gasteiger partial charge in [-0.1, -0.05) is 0 Å². The molecule has 4 rings (SSSR count). The minimum absolute atomic E-state index is 0.0778. The fraction of sp³-hybridized carbons (Fsp3) is 0.611. The summed E-state index contributed by atoms with van der Waals surface area (Å²) >= 11 is 0. The minimum atomic E-state index is -2.58. The van der Waals surface area contributed by atoms with Crippen molar-refractivity contribution >= 4 is 5.82 Å². The molecule has 0 spiro atoms. The Hall–Kier alpha value is -2.20. The van der Waals surface area contributed by atoms with Crippen molar-refractivity contribution < 1.29 is 17.9 Å². The standard InChI is InChI=1S/C18H23F3N6O/c19-8-13-3-6-27(26-13)17-24-14(11-28-15-9-22-10-15)7-16(25-17)23-12-1-4-18(20,21)5-2-12/h3,6-7,12,15,22H,1-2,4-5,8-11H2,(H,23,24,25). The van der Waals surface area contributed by atoms with Crippen LogP contribution in [0.15, 0.2) is 18.3 Å². The van der Waals surface area contributed by atoms with Crippen molar-refractivity contribution in [1.29, 1.82) is 0 Å². The summed E-state index contributed by atoms with van der Waals surface area (Å²) in [4.78, 5) is 8.90. The molecular formula is C18H23F3N6O. The summed E-state index contributed by atoms with van der Waals surface area (Å²) in [6.45, 7) is 1.24. The van der Waals surface area contributed by atoms with Crippen LogP contribution in [0.5, 0.6) is 0 Å². The summed E-state index contributed by atoms with van der Waals surface area (Å²) in [5.74, 6) is -1.76. The lowest BCUT2D eigenvalue weighted by Crippen LogP contribution is -2.48. The molecule has 2 aromatic heterocycles. The predicted octanol–water partition coefficient (Wildman–Crippen LogP) is 2.61. The molecule has 1 aliphatic heterocycles. The zero-order valence-corrected chi connectivity index (χ0v) is 15.4. The monoisotopic (exact) mass is 396 g/mol. The molecule has 0 amide bonds. The second-order valence-corrected chi connectivity index (χ2v) is 7.30. The summed E-state index contributed by atoms with van der Waals surface area (Å²) in [5, 5.41) is 10.5. The highest BCUT2D eigenvalue weighted by molar-refractivity contribution is 5.40. The molecule has 0 atom stereocenters. The van der Waals surface area contributed by atoms with E-state index in [1.54, 1.807) is 18.3 Å². The molecule has 0 radical (unpaired) electrons. The first-order valence-corrected chi connectivity index (χ1v) is 9.46. The molecule has 1 saturated carbocycles. The fourth-order valence-electron chi connectivity index (χ4n) is 3.26. The first-order chi connectivity index (χ1) is 13.5. The van der Waals surface area contributed by atoms with Gasteiger partial charge < -0.3 is 15.4 Å². The maximum Gasteiger partial charge on any atom is 0.252 e. The number of rotatable bonds is 7. The summed E-state index contributed by atoms with van der Waals surface area (Å²) in [5.41, 5.74) is 0.938. The Balaban J connectivity index is 1.52. The van der Waals surface area contributed by atoms with Gasteiger partial charge in [0.1, 0.15) is 12.5 Å². The zero-order chi connectivity index (χ0) is 19.6. The SMILES string of the molecule is FCc1ccn(-c2nc(COC3CNC3)cc(NC3CCC(F)(F)CC3)n2)n1. The Bertz CT molecular complexity index is 800. The molecule has 2 aromatic rings. The topological polar surface area (TPSA) is 76.9 Å². The maximum absolute atomic E-state index is 13.4. The number of nitrogens with one attached hydrogen (secondary N) is 2. The molecule has 0 bridgehead atoms. The number of aromatic nitrogens is 4. The van der Waals surface area contributed by atoms with Crippen LogP contribution < -0.4 is 10.6 Å². The van der Waals surface area contributed by atoms with Crippen LogP contribution >= 0.6 is 0 Å². The molecule has 10 heteroatoms. The lowest BCUT2D eigenvalue weighted by molar-refractivity contribution is -0.0361. The van der Waals surface area contributed by atoms with Crippen molar-refractivity contribution in [2.75, 3.05) is 18.4 Å². The highest BCUT2D eigenvalue weighted by atomic mass is 19.3. The summed E-state index contributed by atoms with van der Waals surface area (Å²) in [7, 11) is 0. The molecule has 28 heavy (non-hydrogen) atoms. The van der Waals surface area contributed by atoms with Crippen molar-refractivity contribution in [1.82, 2.24) is 25.1 Å². The quantitative estimate of drug-likeness (QED) is 0.749. The van der Waals surface area contributed by atoms with Crippen LogP contribution in [0.25, 0.3) is 5.95 Å². The molecule has 7 nitrogen and oxygen atoms in total. The Morgan fingerprint density at radius 2 is 2.00 bits per heavy atom. The third-order valence-corrected chi connectivity index (χ3v) is 5.03. The molecule has 0 aromatic carbocycles. The van der Waals surface area contributed by atoms with Crippen LogP contribution in [-0.4, -0.2) is 50.9 Å². The number of ether oxygens (including phenoxy) is 1. The molecular weight excluding hydrogens is 373 g/mol. The number of anilines is 1. The molecule has 1 aliphatic carbocycles. The van der Waals surface area contributed by atoms with Crippen molar-refractivity contribution in [3.8, 4) is 5.95 Å². The third-order valence-electron chi connectivity index (χ3n) is 5.03. The molecule has 3 heterocycles. The van der Waals surface area contributed by atoms with Crippen LogP contribution in [0.1, 0.15) is 37.1 Å². The van der Waals surface area contributed by atoms with E-state index in [0.29, 0.717) is 31.0 Å². The van der Waals surface area contributed by atoms with E-state index >= 15 is 0 Å². The highest BCUT2D eigenvalue weighted by Crippen LogP contribution is 2.34. The largest absolute Gasteiger partial charge is 0.369 e. The van der Waals surface area contributed by atoms with E-state index in [0.717, 1.165) is 13.1 Å². The fourth-order valence-corrected chi connectivity index (χ4v) is 3.26. The lowest BCUT2D eigenvalue weighted by Gasteiger charge is -2.29. The van der Waals surface area contributed by atoms with Gasteiger partial charge in [-0.2, -0.15) is 10.1 Å². The first kappa shape index (κ1) is 19.1. The van der Waals surface area contributed by atoms with Crippen molar-refractivity contribution in [3.63, 3.8) is 0 Å². The molecule has 152 valence electrons. The second-order valence-electron chi connectivity index (χ2n) is 7.30.